The molecule has 110 valence electrons. The number of carboxylic acid groups (broad SMARTS) is 1. The number of carbonyl (C=O) groups is 3. The number of carbonyl (C=O) groups excluding carboxylic acids is 2. The number of hydrogen-bond donors (Lipinski definition) is 2. The Morgan fingerprint density at radius 2 is 2.14 bits per heavy atom. The molecule has 3 rings (SSSR count). The van der Waals surface area contributed by atoms with Gasteiger partial charge in [-0.25, -0.2) is 4.79 Å². The quantitative estimate of drug-likeness (QED) is 0.806. The van der Waals surface area contributed by atoms with Gasteiger partial charge in [-0.15, -0.1) is 0 Å². The highest BCUT2D eigenvalue weighted by molar-refractivity contribution is 6.09. The fourth-order valence-corrected chi connectivity index (χ4v) is 3.30. The summed E-state index contributed by atoms with van der Waals surface area (Å²) in [7, 11) is 0. The van der Waals surface area contributed by atoms with Gasteiger partial charge in [0.25, 0.3) is 5.91 Å². The molecule has 6 nitrogen and oxygen atoms in total. The molecule has 1 fully saturated rings. The Bertz CT molecular complexity index is 642. The van der Waals surface area contributed by atoms with Crippen molar-refractivity contribution in [3.8, 4) is 0 Å². The van der Waals surface area contributed by atoms with E-state index in [1.165, 1.54) is 0 Å². The van der Waals surface area contributed by atoms with E-state index in [0.29, 0.717) is 12.3 Å². The van der Waals surface area contributed by atoms with Crippen molar-refractivity contribution < 1.29 is 19.5 Å². The number of nitrogens with one attached hydrogen (secondary N) is 1. The second-order valence-electron chi connectivity index (χ2n) is 5.65. The maximum atomic E-state index is 12.7. The zero-order chi connectivity index (χ0) is 15.2. The number of imide groups is 1. The summed E-state index contributed by atoms with van der Waals surface area (Å²) in [6.07, 6.45) is 1.26. The number of carboxylic acids is 1. The van der Waals surface area contributed by atoms with Crippen LogP contribution in [0.15, 0.2) is 24.3 Å². The van der Waals surface area contributed by atoms with E-state index >= 15 is 0 Å². The lowest BCUT2D eigenvalue weighted by Gasteiger charge is -2.36. The second kappa shape index (κ2) is 4.58. The Morgan fingerprint density at radius 1 is 1.43 bits per heavy atom. The number of nitrogens with zero attached hydrogens (tertiary/aromatic N) is 1. The molecule has 0 radical (unpaired) electrons. The molecule has 2 N–H and O–H groups in total. The number of hydrogen-bond acceptors (Lipinski definition) is 3. The topological polar surface area (TPSA) is 86.7 Å². The number of urea groups is 1. The van der Waals surface area contributed by atoms with Crippen LogP contribution in [0.3, 0.4) is 0 Å². The summed E-state index contributed by atoms with van der Waals surface area (Å²) in [6.45, 7) is 1.48. The van der Waals surface area contributed by atoms with E-state index in [1.54, 1.807) is 0 Å². The summed E-state index contributed by atoms with van der Waals surface area (Å²) in [4.78, 5) is 36.3. The highest BCUT2D eigenvalue weighted by Crippen LogP contribution is 2.44. The maximum absolute atomic E-state index is 12.7. The van der Waals surface area contributed by atoms with Gasteiger partial charge in [-0.2, -0.15) is 0 Å². The van der Waals surface area contributed by atoms with E-state index in [0.717, 1.165) is 22.4 Å². The van der Waals surface area contributed by atoms with Crippen molar-refractivity contribution in [3.05, 3.63) is 35.4 Å². The molecule has 0 saturated carbocycles. The van der Waals surface area contributed by atoms with Crippen LogP contribution in [0.1, 0.15) is 36.8 Å². The Balaban J connectivity index is 2.07. The molecule has 0 aromatic heterocycles. The lowest BCUT2D eigenvalue weighted by Crippen LogP contribution is -2.47. The SMILES string of the molecule is CC1CCC2(NC(=O)N(CC(=O)O)C2=O)c2ccccc21. The van der Waals surface area contributed by atoms with Crippen LogP contribution in [-0.2, 0) is 15.1 Å². The predicted molar refractivity (Wildman–Crippen MR) is 73.6 cm³/mol. The Morgan fingerprint density at radius 3 is 2.86 bits per heavy atom. The third-order valence-electron chi connectivity index (χ3n) is 4.37. The fraction of sp³-hybridized carbons (Fsp3) is 0.400. The van der Waals surface area contributed by atoms with E-state index in [-0.39, 0.29) is 0 Å². The molecule has 2 unspecified atom stereocenters. The number of rotatable bonds is 2. The van der Waals surface area contributed by atoms with Crippen LogP contribution in [0.5, 0.6) is 0 Å². The van der Waals surface area contributed by atoms with Gasteiger partial charge in [-0.05, 0) is 29.9 Å². The molecule has 1 aliphatic carbocycles. The van der Waals surface area contributed by atoms with Crippen LogP contribution >= 0.6 is 0 Å². The number of aliphatic carboxylic acids is 1. The fourth-order valence-electron chi connectivity index (χ4n) is 3.30. The van der Waals surface area contributed by atoms with Gasteiger partial charge in [0.05, 0.1) is 0 Å². The predicted octanol–water partition coefficient (Wildman–Crippen LogP) is 1.42. The average Bonchev–Trinajstić information content (AvgIpc) is 2.68. The monoisotopic (exact) mass is 288 g/mol. The molecule has 1 aromatic rings. The molecule has 1 saturated heterocycles. The average molecular weight is 288 g/mol. The molecule has 1 aromatic carbocycles. The van der Waals surface area contributed by atoms with Crippen molar-refractivity contribution in [2.75, 3.05) is 6.54 Å². The molecule has 3 amide bonds. The van der Waals surface area contributed by atoms with Gasteiger partial charge in [0, 0.05) is 0 Å². The summed E-state index contributed by atoms with van der Waals surface area (Å²) < 4.78 is 0. The minimum absolute atomic E-state index is 0.310. The summed E-state index contributed by atoms with van der Waals surface area (Å²) in [6, 6.07) is 6.91. The molecule has 2 aliphatic rings. The molecule has 21 heavy (non-hydrogen) atoms. The summed E-state index contributed by atoms with van der Waals surface area (Å²) in [5.41, 5.74) is 0.722. The highest BCUT2D eigenvalue weighted by Gasteiger charge is 2.55. The van der Waals surface area contributed by atoms with Crippen LogP contribution in [0.2, 0.25) is 0 Å². The van der Waals surface area contributed by atoms with Gasteiger partial charge in [0.15, 0.2) is 0 Å². The van der Waals surface area contributed by atoms with Crippen LogP contribution in [0.25, 0.3) is 0 Å². The second-order valence-corrected chi connectivity index (χ2v) is 5.65. The van der Waals surface area contributed by atoms with Crippen LogP contribution in [0.4, 0.5) is 4.79 Å². The van der Waals surface area contributed by atoms with Crippen molar-refractivity contribution in [1.82, 2.24) is 10.2 Å². The van der Waals surface area contributed by atoms with E-state index < -0.39 is 30.0 Å². The molecular weight excluding hydrogens is 272 g/mol. The van der Waals surface area contributed by atoms with Crippen molar-refractivity contribution in [2.45, 2.75) is 31.2 Å². The third-order valence-corrected chi connectivity index (χ3v) is 4.37. The number of benzene rings is 1. The first-order chi connectivity index (χ1) is 9.95. The number of amides is 3. The minimum Gasteiger partial charge on any atom is -0.480 e. The first-order valence-electron chi connectivity index (χ1n) is 6.91. The van der Waals surface area contributed by atoms with Crippen molar-refractivity contribution in [1.29, 1.82) is 0 Å². The lowest BCUT2D eigenvalue weighted by atomic mass is 9.72. The maximum Gasteiger partial charge on any atom is 0.325 e. The lowest BCUT2D eigenvalue weighted by molar-refractivity contribution is -0.143. The van der Waals surface area contributed by atoms with Crippen LogP contribution in [-0.4, -0.2) is 34.5 Å². The largest absolute Gasteiger partial charge is 0.480 e. The molecule has 6 heteroatoms. The van der Waals surface area contributed by atoms with E-state index in [2.05, 4.69) is 12.2 Å². The van der Waals surface area contributed by atoms with Gasteiger partial charge in [0.2, 0.25) is 0 Å². The van der Waals surface area contributed by atoms with Crippen molar-refractivity contribution in [3.63, 3.8) is 0 Å². The van der Waals surface area contributed by atoms with E-state index in [4.69, 9.17) is 5.11 Å². The summed E-state index contributed by atoms with van der Waals surface area (Å²) in [5.74, 6) is -1.35. The molecule has 0 bridgehead atoms. The Kier molecular flexibility index (Phi) is 2.97. The zero-order valence-electron chi connectivity index (χ0n) is 11.6. The third kappa shape index (κ3) is 1.90. The van der Waals surface area contributed by atoms with E-state index in [9.17, 15) is 14.4 Å². The van der Waals surface area contributed by atoms with Gasteiger partial charge in [0.1, 0.15) is 12.1 Å². The molecule has 1 aliphatic heterocycles. The molecule has 1 heterocycles. The first-order valence-corrected chi connectivity index (χ1v) is 6.91. The standard InChI is InChI=1S/C15H16N2O4/c1-9-6-7-15(11-5-3-2-4-10(9)11)13(20)17(8-12(18)19)14(21)16-15/h2-5,9H,6-8H2,1H3,(H,16,21)(H,18,19). The van der Waals surface area contributed by atoms with Gasteiger partial charge < -0.3 is 10.4 Å². The van der Waals surface area contributed by atoms with Gasteiger partial charge in [-0.3, -0.25) is 14.5 Å². The van der Waals surface area contributed by atoms with Gasteiger partial charge >= 0.3 is 12.0 Å². The van der Waals surface area contributed by atoms with Crippen molar-refractivity contribution >= 4 is 17.9 Å². The summed E-state index contributed by atoms with van der Waals surface area (Å²) in [5, 5.41) is 11.6. The molecule has 1 spiro atoms. The zero-order valence-corrected chi connectivity index (χ0v) is 11.6. The Hall–Kier alpha value is -2.37. The smallest absolute Gasteiger partial charge is 0.325 e. The normalized spacial score (nSPS) is 27.7. The number of fused-ring (bicyclic) bond motifs is 2. The molecule has 2 atom stereocenters. The highest BCUT2D eigenvalue weighted by atomic mass is 16.4. The minimum atomic E-state index is -1.20. The first kappa shape index (κ1) is 13.6. The van der Waals surface area contributed by atoms with Crippen LogP contribution in [0, 0.1) is 0 Å². The van der Waals surface area contributed by atoms with E-state index in [1.807, 2.05) is 24.3 Å². The van der Waals surface area contributed by atoms with Crippen molar-refractivity contribution in [2.24, 2.45) is 0 Å². The van der Waals surface area contributed by atoms with Gasteiger partial charge in [-0.1, -0.05) is 31.2 Å². The van der Waals surface area contributed by atoms with Crippen LogP contribution < -0.4 is 5.32 Å². The molecular formula is C15H16N2O4. The summed E-state index contributed by atoms with van der Waals surface area (Å²) >= 11 is 0. The Labute approximate surface area is 121 Å².